The second kappa shape index (κ2) is 10.7. The van der Waals surface area contributed by atoms with Crippen molar-refractivity contribution in [3.05, 3.63) is 64.7 Å². The Balaban J connectivity index is 1.74. The van der Waals surface area contributed by atoms with Crippen molar-refractivity contribution in [2.75, 3.05) is 5.75 Å². The molecule has 0 unspecified atom stereocenters. The van der Waals surface area contributed by atoms with E-state index < -0.39 is 4.92 Å². The van der Waals surface area contributed by atoms with Gasteiger partial charge in [0, 0.05) is 41.6 Å². The van der Waals surface area contributed by atoms with E-state index in [1.165, 1.54) is 12.1 Å². The van der Waals surface area contributed by atoms with Crippen LogP contribution in [0.25, 0.3) is 17.1 Å². The Hall–Kier alpha value is -3.20. The lowest BCUT2D eigenvalue weighted by Gasteiger charge is -2.10. The molecule has 3 aromatic rings. The highest BCUT2D eigenvalue weighted by molar-refractivity contribution is 7.99. The molecule has 0 fully saturated rings. The quantitative estimate of drug-likeness (QED) is 0.214. The number of nitro benzene ring substituents is 1. The summed E-state index contributed by atoms with van der Waals surface area (Å²) in [6.07, 6.45) is 2.20. The van der Waals surface area contributed by atoms with E-state index in [1.807, 2.05) is 48.7 Å². The Morgan fingerprint density at radius 3 is 2.45 bits per heavy atom. The van der Waals surface area contributed by atoms with E-state index in [4.69, 9.17) is 0 Å². The lowest BCUT2D eigenvalue weighted by atomic mass is 10.2. The number of benzene rings is 2. The van der Waals surface area contributed by atoms with Crippen molar-refractivity contribution in [3.63, 3.8) is 0 Å². The van der Waals surface area contributed by atoms with Gasteiger partial charge in [-0.2, -0.15) is 0 Å². The van der Waals surface area contributed by atoms with Gasteiger partial charge in [0.25, 0.3) is 5.69 Å². The van der Waals surface area contributed by atoms with Gasteiger partial charge in [-0.05, 0) is 51.0 Å². The van der Waals surface area contributed by atoms with Gasteiger partial charge in [-0.1, -0.05) is 30.0 Å². The van der Waals surface area contributed by atoms with E-state index in [1.54, 1.807) is 23.9 Å². The molecule has 3 rings (SSSR count). The molecule has 31 heavy (non-hydrogen) atoms. The maximum atomic E-state index is 11.8. The summed E-state index contributed by atoms with van der Waals surface area (Å²) in [7, 11) is 0. The molecule has 0 radical (unpaired) electrons. The Morgan fingerprint density at radius 1 is 1.10 bits per heavy atom. The van der Waals surface area contributed by atoms with E-state index in [-0.39, 0.29) is 17.6 Å². The Labute approximate surface area is 185 Å². The molecule has 0 atom stereocenters. The predicted molar refractivity (Wildman–Crippen MR) is 121 cm³/mol. The fourth-order valence-corrected chi connectivity index (χ4v) is 3.99. The molecule has 1 amide bonds. The molecule has 9 heteroatoms. The minimum absolute atomic E-state index is 0.0330. The first-order valence-electron chi connectivity index (χ1n) is 10.1. The topological polar surface area (TPSA) is 103 Å². The first-order chi connectivity index (χ1) is 15.0. The van der Waals surface area contributed by atoms with Gasteiger partial charge in [0.1, 0.15) is 0 Å². The van der Waals surface area contributed by atoms with Crippen molar-refractivity contribution in [1.29, 1.82) is 0 Å². The van der Waals surface area contributed by atoms with Crippen molar-refractivity contribution in [2.24, 2.45) is 0 Å². The average Bonchev–Trinajstić information content (AvgIpc) is 3.17. The van der Waals surface area contributed by atoms with Gasteiger partial charge in [-0.3, -0.25) is 19.5 Å². The van der Waals surface area contributed by atoms with Crippen LogP contribution in [0.1, 0.15) is 33.1 Å². The van der Waals surface area contributed by atoms with Crippen molar-refractivity contribution in [2.45, 2.75) is 44.3 Å². The Bertz CT molecular complexity index is 1020. The number of unbranched alkanes of at least 4 members (excludes halogenated alkanes) is 1. The molecule has 0 aliphatic rings. The summed E-state index contributed by atoms with van der Waals surface area (Å²) in [5, 5.41) is 23.3. The number of amides is 1. The second-order valence-electron chi connectivity index (χ2n) is 7.31. The van der Waals surface area contributed by atoms with E-state index in [2.05, 4.69) is 15.5 Å². The highest BCUT2D eigenvalue weighted by atomic mass is 32.2. The van der Waals surface area contributed by atoms with Crippen LogP contribution in [0.4, 0.5) is 5.69 Å². The highest BCUT2D eigenvalue weighted by Gasteiger charge is 2.17. The Morgan fingerprint density at radius 2 is 1.81 bits per heavy atom. The SMILES string of the molecule is CC(C)NC(=O)CCCCSc1nnc(-c2ccc([N+](=O)[O-])cc2)n1-c1ccccc1. The minimum Gasteiger partial charge on any atom is -0.354 e. The number of hydrogen-bond donors (Lipinski definition) is 1. The van der Waals surface area contributed by atoms with E-state index in [0.717, 1.165) is 35.0 Å². The third-order valence-corrected chi connectivity index (χ3v) is 5.48. The van der Waals surface area contributed by atoms with Gasteiger partial charge in [0.2, 0.25) is 5.91 Å². The number of thioether (sulfide) groups is 1. The molecule has 8 nitrogen and oxygen atoms in total. The molecule has 162 valence electrons. The zero-order chi connectivity index (χ0) is 22.2. The molecular weight excluding hydrogens is 414 g/mol. The average molecular weight is 440 g/mol. The zero-order valence-corrected chi connectivity index (χ0v) is 18.3. The normalized spacial score (nSPS) is 10.9. The summed E-state index contributed by atoms with van der Waals surface area (Å²) in [4.78, 5) is 22.3. The fourth-order valence-electron chi connectivity index (χ4n) is 3.04. The monoisotopic (exact) mass is 439 g/mol. The van der Waals surface area contributed by atoms with Crippen molar-refractivity contribution < 1.29 is 9.72 Å². The largest absolute Gasteiger partial charge is 0.354 e. The lowest BCUT2D eigenvalue weighted by Crippen LogP contribution is -2.29. The van der Waals surface area contributed by atoms with E-state index >= 15 is 0 Å². The summed E-state index contributed by atoms with van der Waals surface area (Å²) < 4.78 is 1.96. The van der Waals surface area contributed by atoms with Gasteiger partial charge >= 0.3 is 0 Å². The third-order valence-electron chi connectivity index (χ3n) is 4.46. The van der Waals surface area contributed by atoms with Crippen LogP contribution in [0.5, 0.6) is 0 Å². The number of aromatic nitrogens is 3. The first-order valence-corrected chi connectivity index (χ1v) is 11.1. The summed E-state index contributed by atoms with van der Waals surface area (Å²) in [5.41, 5.74) is 1.70. The number of carbonyl (C=O) groups excluding carboxylic acids is 1. The molecule has 1 N–H and O–H groups in total. The third kappa shape index (κ3) is 6.14. The maximum absolute atomic E-state index is 11.8. The molecule has 0 bridgehead atoms. The summed E-state index contributed by atoms with van der Waals surface area (Å²) >= 11 is 1.58. The number of nitro groups is 1. The summed E-state index contributed by atoms with van der Waals surface area (Å²) in [6.45, 7) is 3.90. The molecule has 0 saturated carbocycles. The van der Waals surface area contributed by atoms with E-state index in [0.29, 0.717) is 12.2 Å². The number of nitrogens with one attached hydrogen (secondary N) is 1. The molecule has 0 aliphatic carbocycles. The maximum Gasteiger partial charge on any atom is 0.269 e. The zero-order valence-electron chi connectivity index (χ0n) is 17.5. The number of rotatable bonds is 10. The molecule has 1 aromatic heterocycles. The van der Waals surface area contributed by atoms with Gasteiger partial charge in [0.05, 0.1) is 4.92 Å². The highest BCUT2D eigenvalue weighted by Crippen LogP contribution is 2.29. The fraction of sp³-hybridized carbons (Fsp3) is 0.318. The summed E-state index contributed by atoms with van der Waals surface area (Å²) in [6, 6.07) is 16.2. The van der Waals surface area contributed by atoms with Crippen LogP contribution in [0, 0.1) is 10.1 Å². The number of nitrogens with zero attached hydrogens (tertiary/aromatic N) is 4. The predicted octanol–water partition coefficient (Wildman–Crippen LogP) is 4.63. The second-order valence-corrected chi connectivity index (χ2v) is 8.37. The number of hydrogen-bond acceptors (Lipinski definition) is 6. The minimum atomic E-state index is -0.422. The van der Waals surface area contributed by atoms with Crippen LogP contribution in [-0.4, -0.2) is 37.4 Å². The van der Waals surface area contributed by atoms with Crippen molar-refractivity contribution in [1.82, 2.24) is 20.1 Å². The van der Waals surface area contributed by atoms with Crippen LogP contribution < -0.4 is 5.32 Å². The standard InChI is InChI=1S/C22H25N5O3S/c1-16(2)23-20(28)10-6-7-15-31-22-25-24-21(26(22)18-8-4-3-5-9-18)17-11-13-19(14-12-17)27(29)30/h3-5,8-9,11-14,16H,6-7,10,15H2,1-2H3,(H,23,28). The van der Waals surface area contributed by atoms with Gasteiger partial charge in [-0.25, -0.2) is 0 Å². The van der Waals surface area contributed by atoms with Gasteiger partial charge < -0.3 is 5.32 Å². The molecule has 0 saturated heterocycles. The Kier molecular flexibility index (Phi) is 7.77. The number of carbonyl (C=O) groups is 1. The molecule has 0 spiro atoms. The number of non-ortho nitro benzene ring substituents is 1. The smallest absolute Gasteiger partial charge is 0.269 e. The van der Waals surface area contributed by atoms with Crippen LogP contribution in [0.3, 0.4) is 0 Å². The van der Waals surface area contributed by atoms with Crippen molar-refractivity contribution in [3.8, 4) is 17.1 Å². The molecule has 2 aromatic carbocycles. The van der Waals surface area contributed by atoms with Gasteiger partial charge in [-0.15, -0.1) is 10.2 Å². The lowest BCUT2D eigenvalue weighted by molar-refractivity contribution is -0.384. The van der Waals surface area contributed by atoms with Gasteiger partial charge in [0.15, 0.2) is 11.0 Å². The van der Waals surface area contributed by atoms with Crippen LogP contribution in [-0.2, 0) is 4.79 Å². The first kappa shape index (κ1) is 22.5. The molecule has 1 heterocycles. The van der Waals surface area contributed by atoms with Crippen LogP contribution in [0.2, 0.25) is 0 Å². The van der Waals surface area contributed by atoms with Crippen molar-refractivity contribution >= 4 is 23.4 Å². The molecular formula is C22H25N5O3S. The summed E-state index contributed by atoms with van der Waals surface area (Å²) in [5.74, 6) is 1.51. The molecule has 0 aliphatic heterocycles. The van der Waals surface area contributed by atoms with E-state index in [9.17, 15) is 14.9 Å². The van der Waals surface area contributed by atoms with Crippen LogP contribution >= 0.6 is 11.8 Å². The van der Waals surface area contributed by atoms with Crippen LogP contribution in [0.15, 0.2) is 59.8 Å². The number of para-hydroxylation sites is 1.